The number of hydrogen-bond donors (Lipinski definition) is 0. The molecule has 0 aliphatic carbocycles. The molecule has 0 bridgehead atoms. The molecule has 0 radical (unpaired) electrons. The van der Waals surface area contributed by atoms with E-state index in [2.05, 4.69) is 4.90 Å². The Hall–Kier alpha value is -3.46. The molecule has 1 amide bonds. The van der Waals surface area contributed by atoms with Crippen LogP contribution in [0.1, 0.15) is 16.8 Å². The second kappa shape index (κ2) is 10.7. The van der Waals surface area contributed by atoms with Crippen LogP contribution in [0.4, 0.5) is 5.13 Å². The first kappa shape index (κ1) is 25.6. The number of halogens is 1. The Labute approximate surface area is 218 Å². The molecule has 2 aromatic heterocycles. The van der Waals surface area contributed by atoms with Crippen LogP contribution in [-0.4, -0.2) is 50.1 Å². The molecule has 0 aliphatic rings. The maximum absolute atomic E-state index is 13.8. The Morgan fingerprint density at radius 2 is 1.83 bits per heavy atom. The van der Waals surface area contributed by atoms with Crippen LogP contribution in [0, 0.1) is 0 Å². The van der Waals surface area contributed by atoms with Gasteiger partial charge < -0.3 is 14.1 Å². The summed E-state index contributed by atoms with van der Waals surface area (Å²) in [6.07, 6.45) is 0.722. The second-order valence-corrected chi connectivity index (χ2v) is 9.60. The number of nitrogens with zero attached hydrogens (tertiary/aromatic N) is 3. The number of aromatic nitrogens is 1. The lowest BCUT2D eigenvalue weighted by atomic mass is 10.0. The van der Waals surface area contributed by atoms with Crippen molar-refractivity contribution < 1.29 is 13.9 Å². The van der Waals surface area contributed by atoms with Crippen molar-refractivity contribution in [1.29, 1.82) is 0 Å². The Kier molecular flexibility index (Phi) is 7.59. The number of anilines is 1. The van der Waals surface area contributed by atoms with Gasteiger partial charge in [0.2, 0.25) is 0 Å². The van der Waals surface area contributed by atoms with E-state index < -0.39 is 11.5 Å². The van der Waals surface area contributed by atoms with Crippen molar-refractivity contribution in [3.8, 4) is 5.75 Å². The molecule has 0 saturated carbocycles. The number of carbonyl (C=O) groups excluding carboxylic acids is 1. The zero-order valence-electron chi connectivity index (χ0n) is 20.2. The minimum absolute atomic E-state index is 0. The number of rotatable bonds is 7. The van der Waals surface area contributed by atoms with Gasteiger partial charge >= 0.3 is 5.63 Å². The molecule has 0 unspecified atom stereocenters. The zero-order valence-corrected chi connectivity index (χ0v) is 21.8. The fraction of sp³-hybridized carbons (Fsp3) is 0.222. The van der Waals surface area contributed by atoms with Crippen LogP contribution in [0.2, 0.25) is 0 Å². The SMILES string of the molecule is COc1ccc2nc(N(CCCN(C)C)C(=O)c3cc4c(ccc5ccccc54)oc3=O)sc2c1.Cl. The number of amides is 1. The Balaban J connectivity index is 0.00000304. The molecule has 0 saturated heterocycles. The molecular weight excluding hydrogens is 498 g/mol. The first-order valence-corrected chi connectivity index (χ1v) is 12.1. The van der Waals surface area contributed by atoms with Gasteiger partial charge in [-0.05, 0) is 68.2 Å². The number of methoxy groups -OCH3 is 1. The number of benzene rings is 3. The van der Waals surface area contributed by atoms with Gasteiger partial charge in [-0.25, -0.2) is 9.78 Å². The highest BCUT2D eigenvalue weighted by atomic mass is 35.5. The Morgan fingerprint density at radius 1 is 1.03 bits per heavy atom. The molecule has 0 atom stereocenters. The normalized spacial score (nSPS) is 11.2. The van der Waals surface area contributed by atoms with Gasteiger partial charge in [-0.1, -0.05) is 41.7 Å². The Bertz CT molecular complexity index is 1610. The van der Waals surface area contributed by atoms with Gasteiger partial charge in [0.25, 0.3) is 5.91 Å². The molecule has 7 nitrogen and oxygen atoms in total. The van der Waals surface area contributed by atoms with Crippen LogP contribution in [0.5, 0.6) is 5.75 Å². The van der Waals surface area contributed by atoms with Gasteiger partial charge in [0.15, 0.2) is 5.13 Å². The summed E-state index contributed by atoms with van der Waals surface area (Å²) in [7, 11) is 5.58. The summed E-state index contributed by atoms with van der Waals surface area (Å²) < 4.78 is 11.8. The lowest BCUT2D eigenvalue weighted by Crippen LogP contribution is -2.36. The van der Waals surface area contributed by atoms with Crippen molar-refractivity contribution in [1.82, 2.24) is 9.88 Å². The highest BCUT2D eigenvalue weighted by Crippen LogP contribution is 2.33. The van der Waals surface area contributed by atoms with Gasteiger partial charge in [-0.3, -0.25) is 9.69 Å². The van der Waals surface area contributed by atoms with Crippen LogP contribution >= 0.6 is 23.7 Å². The molecule has 0 fully saturated rings. The minimum Gasteiger partial charge on any atom is -0.497 e. The second-order valence-electron chi connectivity index (χ2n) is 8.59. The zero-order chi connectivity index (χ0) is 24.5. The fourth-order valence-electron chi connectivity index (χ4n) is 4.13. The topological polar surface area (TPSA) is 75.9 Å². The van der Waals surface area contributed by atoms with Gasteiger partial charge in [0, 0.05) is 11.9 Å². The number of ether oxygens (including phenoxy) is 1. The van der Waals surface area contributed by atoms with Gasteiger partial charge in [0.05, 0.1) is 17.3 Å². The summed E-state index contributed by atoms with van der Waals surface area (Å²) >= 11 is 1.40. The molecule has 186 valence electrons. The molecule has 9 heteroatoms. The molecule has 5 rings (SSSR count). The summed E-state index contributed by atoms with van der Waals surface area (Å²) in [4.78, 5) is 35.1. The van der Waals surface area contributed by atoms with E-state index in [4.69, 9.17) is 14.1 Å². The van der Waals surface area contributed by atoms with E-state index in [1.54, 1.807) is 24.1 Å². The average molecular weight is 524 g/mol. The third-order valence-electron chi connectivity index (χ3n) is 5.92. The van der Waals surface area contributed by atoms with Gasteiger partial charge in [-0.2, -0.15) is 0 Å². The van der Waals surface area contributed by atoms with E-state index in [1.807, 2.05) is 62.6 Å². The number of thiazole rings is 1. The molecular formula is C27H26ClN3O4S. The fourth-order valence-corrected chi connectivity index (χ4v) is 5.15. The van der Waals surface area contributed by atoms with E-state index in [1.165, 1.54) is 11.3 Å². The number of fused-ring (bicyclic) bond motifs is 4. The van der Waals surface area contributed by atoms with Crippen molar-refractivity contribution >= 4 is 66.7 Å². The van der Waals surface area contributed by atoms with Crippen molar-refractivity contribution in [2.45, 2.75) is 6.42 Å². The predicted molar refractivity (Wildman–Crippen MR) is 148 cm³/mol. The first-order valence-electron chi connectivity index (χ1n) is 11.3. The molecule has 0 aliphatic heterocycles. The van der Waals surface area contributed by atoms with Crippen molar-refractivity contribution in [3.05, 3.63) is 76.6 Å². The van der Waals surface area contributed by atoms with Crippen molar-refractivity contribution in [2.24, 2.45) is 0 Å². The molecule has 3 aromatic carbocycles. The van der Waals surface area contributed by atoms with E-state index in [0.29, 0.717) is 17.3 Å². The monoisotopic (exact) mass is 523 g/mol. The van der Waals surface area contributed by atoms with Crippen LogP contribution in [-0.2, 0) is 0 Å². The largest absolute Gasteiger partial charge is 0.497 e. The maximum Gasteiger partial charge on any atom is 0.349 e. The highest BCUT2D eigenvalue weighted by molar-refractivity contribution is 7.22. The third-order valence-corrected chi connectivity index (χ3v) is 6.96. The highest BCUT2D eigenvalue weighted by Gasteiger charge is 2.25. The first-order chi connectivity index (χ1) is 16.9. The minimum atomic E-state index is -0.654. The van der Waals surface area contributed by atoms with E-state index in [-0.39, 0.29) is 18.0 Å². The van der Waals surface area contributed by atoms with Gasteiger partial charge in [0.1, 0.15) is 16.9 Å². The molecule has 2 heterocycles. The molecule has 0 spiro atoms. The lowest BCUT2D eigenvalue weighted by Gasteiger charge is -2.20. The predicted octanol–water partition coefficient (Wildman–Crippen LogP) is 5.58. The van der Waals surface area contributed by atoms with E-state index in [0.717, 1.165) is 45.1 Å². The summed E-state index contributed by atoms with van der Waals surface area (Å²) in [5, 5.41) is 3.20. The number of hydrogen-bond acceptors (Lipinski definition) is 7. The number of carbonyl (C=O) groups is 1. The third kappa shape index (κ3) is 4.93. The summed E-state index contributed by atoms with van der Waals surface area (Å²) in [5.41, 5.74) is 0.568. The summed E-state index contributed by atoms with van der Waals surface area (Å²) in [6.45, 7) is 1.21. The van der Waals surface area contributed by atoms with Crippen molar-refractivity contribution in [3.63, 3.8) is 0 Å². The van der Waals surface area contributed by atoms with Crippen molar-refractivity contribution in [2.75, 3.05) is 39.2 Å². The quantitative estimate of drug-likeness (QED) is 0.204. The van der Waals surface area contributed by atoms with E-state index >= 15 is 0 Å². The Morgan fingerprint density at radius 3 is 2.61 bits per heavy atom. The molecule has 36 heavy (non-hydrogen) atoms. The standard InChI is InChI=1S/C27H25N3O4S.ClH/c1-29(2)13-6-14-30(27-28-22-11-10-18(33-3)15-24(22)35-27)25(31)21-16-20-19-8-5-4-7-17(19)9-12-23(20)34-26(21)32;/h4-5,7-12,15-16H,6,13-14H2,1-3H3;1H. The summed E-state index contributed by atoms with van der Waals surface area (Å²) in [5.74, 6) is 0.304. The van der Waals surface area contributed by atoms with Crippen LogP contribution in [0.3, 0.4) is 0 Å². The van der Waals surface area contributed by atoms with Crippen LogP contribution in [0.25, 0.3) is 32.0 Å². The molecule has 0 N–H and O–H groups in total. The van der Waals surface area contributed by atoms with Crippen LogP contribution in [0.15, 0.2) is 69.9 Å². The smallest absolute Gasteiger partial charge is 0.349 e. The average Bonchev–Trinajstić information content (AvgIpc) is 3.28. The van der Waals surface area contributed by atoms with Crippen LogP contribution < -0.4 is 15.3 Å². The lowest BCUT2D eigenvalue weighted by molar-refractivity contribution is 0.0982. The van der Waals surface area contributed by atoms with E-state index in [9.17, 15) is 9.59 Å². The summed E-state index contributed by atoms with van der Waals surface area (Å²) in [6, 6.07) is 18.8. The maximum atomic E-state index is 13.8. The molecule has 5 aromatic rings. The van der Waals surface area contributed by atoms with Gasteiger partial charge in [-0.15, -0.1) is 12.4 Å².